The summed E-state index contributed by atoms with van der Waals surface area (Å²) < 4.78 is 97.9. The number of carbonyl (C=O) groups is 11. The number of esters is 2. The molecule has 0 bridgehead atoms. The van der Waals surface area contributed by atoms with E-state index < -0.39 is 187 Å². The lowest BCUT2D eigenvalue weighted by atomic mass is 9.88. The van der Waals surface area contributed by atoms with Crippen LogP contribution in [0.4, 0.5) is 4.48 Å². The number of nitrogens with one attached hydrogen (secondary N) is 10. The summed E-state index contributed by atoms with van der Waals surface area (Å²) in [5, 5.41) is 25.6. The largest absolute Gasteiger partial charge is 0.487 e. The fraction of sp³-hybridized carbons (Fsp3) is 0.632. The average molecular weight is 1520 g/mol. The van der Waals surface area contributed by atoms with E-state index in [4.69, 9.17) is 30.4 Å². The number of benzene rings is 2. The van der Waals surface area contributed by atoms with Gasteiger partial charge < -0.3 is 72.7 Å². The third kappa shape index (κ3) is 23.9. The van der Waals surface area contributed by atoms with Crippen LogP contribution in [0, 0.1) is 41.5 Å². The van der Waals surface area contributed by atoms with Gasteiger partial charge in [-0.25, -0.2) is 26.3 Å². The molecule has 0 aliphatic carbocycles. The minimum absolute atomic E-state index is 0.0263. The first-order valence-electron chi connectivity index (χ1n) is 34.0. The summed E-state index contributed by atoms with van der Waals surface area (Å²) in [7, 11) is -8.72. The number of carboxylic acid groups (broad SMARTS) is 1. The molecule has 15 N–H and O–H groups in total. The summed E-state index contributed by atoms with van der Waals surface area (Å²) in [6, 6.07) is -11.7. The number of carbonyl (C=O) groups excluding carboxylic acids is 10. The first kappa shape index (κ1) is 88.1. The zero-order valence-electron chi connectivity index (χ0n) is 63.6. The molecular formula is C68H105FN14O20S2. The van der Waals surface area contributed by atoms with Gasteiger partial charge in [-0.15, -0.1) is 10.0 Å². The smallest absolute Gasteiger partial charge is 0.325 e. The monoisotopic (exact) mass is 1520 g/mol. The summed E-state index contributed by atoms with van der Waals surface area (Å²) in [5.41, 5.74) is 11.7. The molecule has 0 radical (unpaired) electrons. The van der Waals surface area contributed by atoms with Gasteiger partial charge in [-0.1, -0.05) is 0 Å². The molecule has 2 heterocycles. The van der Waals surface area contributed by atoms with Crippen molar-refractivity contribution in [2.75, 3.05) is 13.1 Å². The molecule has 0 unspecified atom stereocenters. The number of nitrogens with zero attached hydrogens (tertiary/aromatic N) is 2. The molecule has 2 aliphatic rings. The molecule has 105 heavy (non-hydrogen) atoms. The summed E-state index contributed by atoms with van der Waals surface area (Å²) in [4.78, 5) is 157. The van der Waals surface area contributed by atoms with Gasteiger partial charge in [0.2, 0.25) is 47.4 Å². The van der Waals surface area contributed by atoms with E-state index in [-0.39, 0.29) is 42.1 Å². The molecule has 2 aromatic carbocycles. The number of ether oxygens (including phenoxy) is 4. The zero-order chi connectivity index (χ0) is 80.4. The maximum absolute atomic E-state index is 14.9. The number of Topliss-reactive ketones (excluding diaryl/α,β-unsaturated/α-hetero) is 1. The quantitative estimate of drug-likeness (QED) is 0.0119. The highest BCUT2D eigenvalue weighted by Crippen LogP contribution is 2.45. The van der Waals surface area contributed by atoms with Crippen molar-refractivity contribution in [2.24, 2.45) is 21.5 Å². The molecule has 34 nitrogen and oxygen atoms in total. The Hall–Kier alpha value is -9.26. The van der Waals surface area contributed by atoms with E-state index in [9.17, 15) is 79.2 Å². The molecule has 2 aliphatic heterocycles. The Bertz CT molecular complexity index is 4040. The molecule has 4 rings (SSSR count). The molecule has 0 saturated carbocycles. The molecular weight excluding hydrogens is 1420 g/mol. The predicted molar refractivity (Wildman–Crippen MR) is 383 cm³/mol. The standard InChI is InChI=1S/C68H105FN14O20S2/c1-32-34(3)52(36(5)43-30-66(18,19)102-50(32)43)104(96,97)81-62(70)72-26-22-24-45(57(90)74-39(8)55(88)79-47(29-49(86)101-65(15,16)17)59(92)76-41(10)60(93)94)78-54(87)38(7)75-58(91)46(28-48(85)100-64(12,13)14)80-56(89)40(9)77-61(95)68(83-69,42(11)84)25-23-27-73-63(71)82-105(98,99)53-35(4)33(2)51-44(37(53)6)31-67(20,21)103-51/h38-41,45-47,83H,22-31H2,1-21H3,(H,74,90)(H,75,91)(H,76,92)(H,77,95)(H,78,87)(H,79,88)(H,80,89)(H,93,94)(H3,70,72,81)(H3,71,73,82)/t38-,39-,40-,41-,45-,46-,47-,68+/m0/s1. The normalized spacial score (nSPS) is 16.7. The Kier molecular flexibility index (Phi) is 29.2. The van der Waals surface area contributed by atoms with Crippen LogP contribution in [0.2, 0.25) is 0 Å². The van der Waals surface area contributed by atoms with Gasteiger partial charge in [0.05, 0.1) is 22.6 Å². The number of aliphatic carboxylic acids is 1. The number of carboxylic acids is 1. The number of fused-ring (bicyclic) bond motifs is 2. The topological polar surface area (TPSA) is 510 Å². The molecule has 586 valence electrons. The van der Waals surface area contributed by atoms with E-state index >= 15 is 0 Å². The van der Waals surface area contributed by atoms with E-state index in [1.54, 1.807) is 41.5 Å². The van der Waals surface area contributed by atoms with Crippen molar-refractivity contribution in [3.8, 4) is 11.5 Å². The number of amides is 7. The van der Waals surface area contributed by atoms with Crippen LogP contribution in [0.5, 0.6) is 11.5 Å². The Morgan fingerprint density at radius 2 is 0.867 bits per heavy atom. The van der Waals surface area contributed by atoms with Crippen molar-refractivity contribution in [1.82, 2.24) is 52.2 Å². The third-order valence-electron chi connectivity index (χ3n) is 17.1. The number of aliphatic imine (C=N–C) groups is 2. The molecule has 0 spiro atoms. The maximum atomic E-state index is 14.9. The average Bonchev–Trinajstić information content (AvgIpc) is 1.65. The third-order valence-corrected chi connectivity index (χ3v) is 20.4. The second-order valence-corrected chi connectivity index (χ2v) is 32.9. The number of nitrogens with two attached hydrogens (primary N) is 2. The van der Waals surface area contributed by atoms with Crippen LogP contribution in [-0.4, -0.2) is 182 Å². The molecule has 2 aromatic rings. The number of hydrogen-bond donors (Lipinski definition) is 13. The summed E-state index contributed by atoms with van der Waals surface area (Å²) >= 11 is 0. The molecule has 0 saturated heterocycles. The SMILES string of the molecule is CC(=O)[C@@](CCCN=C(N)NS(=O)(=O)c1c(C)c(C)c2c(c1C)CC(C)(C)O2)(NF)C(=O)N[C@@H](C)C(=O)N[C@@H](CC(=O)OC(C)(C)C)C(=O)N[C@@H](C)C(=O)N[C@@H](CCCN=C(N)NS(=O)(=O)c1c(C)c(C)c2c(c1C)CC(C)(C)O2)C(=O)N[C@@H](C)C(=O)N[C@@H](CC(=O)OC(C)(C)C)C(=O)N[C@@H](C)C(=O)O. The first-order chi connectivity index (χ1) is 48.0. The molecule has 0 fully saturated rings. The summed E-state index contributed by atoms with van der Waals surface area (Å²) in [6.07, 6.45) is -2.24. The Morgan fingerprint density at radius 1 is 0.524 bits per heavy atom. The van der Waals surface area contributed by atoms with Crippen LogP contribution in [-0.2, 0) is 95.1 Å². The van der Waals surface area contributed by atoms with Crippen molar-refractivity contribution < 1.29 is 98.1 Å². The van der Waals surface area contributed by atoms with Crippen LogP contribution in [0.15, 0.2) is 19.8 Å². The Morgan fingerprint density at radius 3 is 1.22 bits per heavy atom. The lowest BCUT2D eigenvalue weighted by Gasteiger charge is -2.29. The highest BCUT2D eigenvalue weighted by Gasteiger charge is 2.46. The van der Waals surface area contributed by atoms with Gasteiger partial charge >= 0.3 is 17.9 Å². The number of guanidine groups is 2. The van der Waals surface area contributed by atoms with Crippen LogP contribution in [0.3, 0.4) is 0 Å². The minimum atomic E-state index is -4.38. The van der Waals surface area contributed by atoms with E-state index in [1.165, 1.54) is 54.0 Å². The van der Waals surface area contributed by atoms with Gasteiger partial charge in [0.25, 0.3) is 26.0 Å². The lowest BCUT2D eigenvalue weighted by Crippen LogP contribution is -2.63. The van der Waals surface area contributed by atoms with Crippen molar-refractivity contribution in [3.63, 3.8) is 0 Å². The second-order valence-electron chi connectivity index (χ2n) is 29.6. The van der Waals surface area contributed by atoms with Crippen LogP contribution < -0.4 is 73.1 Å². The second kappa shape index (κ2) is 34.8. The fourth-order valence-corrected chi connectivity index (χ4v) is 14.6. The van der Waals surface area contributed by atoms with Crippen molar-refractivity contribution in [2.45, 2.75) is 277 Å². The highest BCUT2D eigenvalue weighted by molar-refractivity contribution is 7.90. The number of hydrogen-bond acceptors (Lipinski definition) is 22. The number of halogens is 1. The van der Waals surface area contributed by atoms with E-state index in [2.05, 4.69) is 56.6 Å². The van der Waals surface area contributed by atoms with Crippen LogP contribution in [0.25, 0.3) is 0 Å². The Labute approximate surface area is 612 Å². The van der Waals surface area contributed by atoms with Gasteiger partial charge in [0.1, 0.15) is 76.2 Å². The Balaban J connectivity index is 1.57. The van der Waals surface area contributed by atoms with Gasteiger partial charge in [0, 0.05) is 37.1 Å². The molecule has 8 atom stereocenters. The zero-order valence-corrected chi connectivity index (χ0v) is 65.2. The number of sulfonamides is 2. The minimum Gasteiger partial charge on any atom is -0.487 e. The van der Waals surface area contributed by atoms with Crippen LogP contribution >= 0.6 is 0 Å². The van der Waals surface area contributed by atoms with E-state index in [0.717, 1.165) is 33.3 Å². The molecule has 37 heteroatoms. The number of ketones is 1. The first-order valence-corrected chi connectivity index (χ1v) is 36.9. The van der Waals surface area contributed by atoms with E-state index in [1.807, 2.05) is 27.7 Å². The number of rotatable bonds is 33. The highest BCUT2D eigenvalue weighted by atomic mass is 32.2. The summed E-state index contributed by atoms with van der Waals surface area (Å²) in [5.74, 6) is -12.6. The van der Waals surface area contributed by atoms with Crippen LogP contribution in [0.1, 0.15) is 187 Å². The van der Waals surface area contributed by atoms with Crippen molar-refractivity contribution >= 4 is 97.0 Å². The van der Waals surface area contributed by atoms with Crippen molar-refractivity contribution in [3.05, 3.63) is 44.5 Å². The van der Waals surface area contributed by atoms with Crippen molar-refractivity contribution in [1.29, 1.82) is 0 Å². The van der Waals surface area contributed by atoms with Gasteiger partial charge in [0.15, 0.2) is 11.3 Å². The van der Waals surface area contributed by atoms with Gasteiger partial charge in [-0.2, -0.15) is 0 Å². The molecule has 7 amide bonds. The van der Waals surface area contributed by atoms with Gasteiger partial charge in [-0.05, 0) is 204 Å². The fourth-order valence-electron chi connectivity index (χ4n) is 11.6. The predicted octanol–water partition coefficient (Wildman–Crippen LogP) is 1.23. The van der Waals surface area contributed by atoms with Gasteiger partial charge in [-0.3, -0.25) is 62.7 Å². The summed E-state index contributed by atoms with van der Waals surface area (Å²) in [6.45, 7) is 31.4. The maximum Gasteiger partial charge on any atom is 0.325 e. The molecule has 0 aromatic heterocycles. The lowest BCUT2D eigenvalue weighted by molar-refractivity contribution is -0.157. The van der Waals surface area contributed by atoms with E-state index in [0.29, 0.717) is 63.3 Å².